The summed E-state index contributed by atoms with van der Waals surface area (Å²) in [5.74, 6) is -1.17. The van der Waals surface area contributed by atoms with E-state index in [9.17, 15) is 9.59 Å². The summed E-state index contributed by atoms with van der Waals surface area (Å²) in [4.78, 5) is 25.8. The predicted molar refractivity (Wildman–Crippen MR) is 123 cm³/mol. The van der Waals surface area contributed by atoms with Crippen molar-refractivity contribution < 1.29 is 19.1 Å². The summed E-state index contributed by atoms with van der Waals surface area (Å²) in [7, 11) is 2.94. The second kappa shape index (κ2) is 8.59. The number of amides is 1. The van der Waals surface area contributed by atoms with Gasteiger partial charge in [-0.25, -0.2) is 0 Å². The number of anilines is 1. The van der Waals surface area contributed by atoms with E-state index in [1.54, 1.807) is 25.3 Å². The molecule has 0 aliphatic carbocycles. The monoisotopic (exact) mass is 428 g/mol. The number of ether oxygens (including phenoxy) is 2. The molecule has 2 unspecified atom stereocenters. The van der Waals surface area contributed by atoms with Crippen LogP contribution in [0.25, 0.3) is 5.57 Å². The van der Waals surface area contributed by atoms with E-state index in [1.165, 1.54) is 7.11 Å². The van der Waals surface area contributed by atoms with Gasteiger partial charge in [-0.3, -0.25) is 9.59 Å². The van der Waals surface area contributed by atoms with E-state index < -0.39 is 23.3 Å². The number of benzene rings is 3. The minimum atomic E-state index is -1.12. The lowest BCUT2D eigenvalue weighted by Crippen LogP contribution is -2.46. The van der Waals surface area contributed by atoms with Crippen LogP contribution in [0.15, 0.2) is 84.9 Å². The lowest BCUT2D eigenvalue weighted by atomic mass is 9.70. The summed E-state index contributed by atoms with van der Waals surface area (Å²) in [5.41, 5.74) is 7.90. The van der Waals surface area contributed by atoms with Gasteiger partial charge < -0.3 is 20.5 Å². The summed E-state index contributed by atoms with van der Waals surface area (Å²) in [5, 5.41) is 3.54. The number of nitrogens with two attached hydrogens (primary N) is 1. The highest BCUT2D eigenvalue weighted by atomic mass is 16.5. The third kappa shape index (κ3) is 3.60. The first-order valence-electron chi connectivity index (χ1n) is 10.2. The van der Waals surface area contributed by atoms with Crippen LogP contribution < -0.4 is 15.8 Å². The molecule has 4 rings (SSSR count). The van der Waals surface area contributed by atoms with Gasteiger partial charge in [-0.05, 0) is 35.4 Å². The maximum absolute atomic E-state index is 13.3. The molecule has 0 radical (unpaired) electrons. The average molecular weight is 428 g/mol. The Kier molecular flexibility index (Phi) is 5.69. The van der Waals surface area contributed by atoms with E-state index in [0.29, 0.717) is 28.1 Å². The number of para-hydroxylation sites is 1. The number of fused-ring (bicyclic) bond motifs is 1. The molecule has 2 atom stereocenters. The zero-order valence-corrected chi connectivity index (χ0v) is 17.9. The minimum Gasteiger partial charge on any atom is -0.497 e. The molecule has 3 N–H and O–H groups in total. The first-order chi connectivity index (χ1) is 15.5. The smallest absolute Gasteiger partial charge is 0.316 e. The molecule has 0 bridgehead atoms. The van der Waals surface area contributed by atoms with Gasteiger partial charge in [0, 0.05) is 16.8 Å². The van der Waals surface area contributed by atoms with Crippen molar-refractivity contribution in [3.05, 3.63) is 102 Å². The Morgan fingerprint density at radius 3 is 2.19 bits per heavy atom. The van der Waals surface area contributed by atoms with Crippen LogP contribution in [0.3, 0.4) is 0 Å². The van der Waals surface area contributed by atoms with Crippen molar-refractivity contribution in [2.75, 3.05) is 19.5 Å². The Balaban J connectivity index is 2.02. The van der Waals surface area contributed by atoms with Gasteiger partial charge in [0.05, 0.1) is 19.8 Å². The third-order valence-electron chi connectivity index (χ3n) is 5.79. The fourth-order valence-electron chi connectivity index (χ4n) is 4.29. The van der Waals surface area contributed by atoms with Crippen molar-refractivity contribution in [1.29, 1.82) is 0 Å². The van der Waals surface area contributed by atoms with Crippen molar-refractivity contribution in [2.45, 2.75) is 11.5 Å². The maximum atomic E-state index is 13.3. The highest BCUT2D eigenvalue weighted by Gasteiger charge is 2.47. The molecule has 0 saturated carbocycles. The van der Waals surface area contributed by atoms with E-state index in [1.807, 2.05) is 66.7 Å². The number of hydrogen-bond donors (Lipinski definition) is 2. The molecular weight excluding hydrogens is 404 g/mol. The topological polar surface area (TPSA) is 90.7 Å². The second-order valence-corrected chi connectivity index (χ2v) is 7.56. The summed E-state index contributed by atoms with van der Waals surface area (Å²) >= 11 is 0. The van der Waals surface area contributed by atoms with Crippen LogP contribution in [0.1, 0.15) is 22.6 Å². The molecule has 1 heterocycles. The number of primary amides is 1. The molecule has 0 spiro atoms. The standard InChI is InChI=1S/C26H24N2O4/c1-31-19-14-12-17(13-15-19)23(25(30)32-2)26(18-8-4-3-5-9-18)16-21(24(27)29)20-10-6-7-11-22(20)28-26/h3-16,23,28H,1-2H3,(H2,27,29). The summed E-state index contributed by atoms with van der Waals surface area (Å²) in [6.07, 6.45) is 1.75. The zero-order chi connectivity index (χ0) is 22.7. The molecule has 6 heteroatoms. The molecule has 6 nitrogen and oxygen atoms in total. The maximum Gasteiger partial charge on any atom is 0.316 e. The van der Waals surface area contributed by atoms with Gasteiger partial charge in [0.15, 0.2) is 0 Å². The third-order valence-corrected chi connectivity index (χ3v) is 5.79. The first kappa shape index (κ1) is 21.2. The van der Waals surface area contributed by atoms with Crippen LogP contribution >= 0.6 is 0 Å². The second-order valence-electron chi connectivity index (χ2n) is 7.56. The summed E-state index contributed by atoms with van der Waals surface area (Å²) < 4.78 is 10.5. The lowest BCUT2D eigenvalue weighted by Gasteiger charge is -2.42. The Morgan fingerprint density at radius 1 is 0.906 bits per heavy atom. The molecule has 0 saturated heterocycles. The van der Waals surface area contributed by atoms with Crippen molar-refractivity contribution >= 4 is 23.1 Å². The molecule has 3 aromatic carbocycles. The van der Waals surface area contributed by atoms with Crippen LogP contribution in [-0.2, 0) is 19.9 Å². The molecule has 3 aromatic rings. The fourth-order valence-corrected chi connectivity index (χ4v) is 4.29. The van der Waals surface area contributed by atoms with E-state index in [0.717, 1.165) is 5.56 Å². The first-order valence-corrected chi connectivity index (χ1v) is 10.2. The predicted octanol–water partition coefficient (Wildman–Crippen LogP) is 3.84. The van der Waals surface area contributed by atoms with Gasteiger partial charge in [0.1, 0.15) is 11.7 Å². The number of carbonyl (C=O) groups is 2. The Bertz CT molecular complexity index is 1170. The fraction of sp³-hybridized carbons (Fsp3) is 0.154. The average Bonchev–Trinajstić information content (AvgIpc) is 2.84. The van der Waals surface area contributed by atoms with Crippen LogP contribution in [0, 0.1) is 0 Å². The van der Waals surface area contributed by atoms with Gasteiger partial charge in [-0.1, -0.05) is 60.7 Å². The van der Waals surface area contributed by atoms with E-state index >= 15 is 0 Å². The quantitative estimate of drug-likeness (QED) is 0.582. The molecular formula is C26H24N2O4. The summed E-state index contributed by atoms with van der Waals surface area (Å²) in [6, 6.07) is 24.1. The molecule has 1 aliphatic rings. The normalized spacial score (nSPS) is 17.9. The van der Waals surface area contributed by atoms with Crippen molar-refractivity contribution in [2.24, 2.45) is 5.73 Å². The number of hydrogen-bond acceptors (Lipinski definition) is 5. The number of carbonyl (C=O) groups excluding carboxylic acids is 2. The van der Waals surface area contributed by atoms with E-state index in [-0.39, 0.29) is 0 Å². The van der Waals surface area contributed by atoms with Crippen molar-refractivity contribution in [3.8, 4) is 5.75 Å². The van der Waals surface area contributed by atoms with Crippen LogP contribution in [-0.4, -0.2) is 26.1 Å². The van der Waals surface area contributed by atoms with Crippen LogP contribution in [0.5, 0.6) is 5.75 Å². The zero-order valence-electron chi connectivity index (χ0n) is 17.9. The Hall–Kier alpha value is -4.06. The lowest BCUT2D eigenvalue weighted by molar-refractivity contribution is -0.143. The molecule has 162 valence electrons. The van der Waals surface area contributed by atoms with Gasteiger partial charge in [-0.15, -0.1) is 0 Å². The molecule has 32 heavy (non-hydrogen) atoms. The van der Waals surface area contributed by atoms with Crippen LogP contribution in [0.4, 0.5) is 5.69 Å². The Morgan fingerprint density at radius 2 is 1.56 bits per heavy atom. The molecule has 0 fully saturated rings. The van der Waals surface area contributed by atoms with Gasteiger partial charge >= 0.3 is 5.97 Å². The van der Waals surface area contributed by atoms with E-state index in [4.69, 9.17) is 15.2 Å². The highest BCUT2D eigenvalue weighted by molar-refractivity contribution is 6.21. The number of esters is 1. The van der Waals surface area contributed by atoms with Crippen molar-refractivity contribution in [3.63, 3.8) is 0 Å². The Labute approximate surface area is 186 Å². The molecule has 1 aliphatic heterocycles. The van der Waals surface area contributed by atoms with E-state index in [2.05, 4.69) is 5.32 Å². The molecule has 0 aromatic heterocycles. The van der Waals surface area contributed by atoms with Gasteiger partial charge in [-0.2, -0.15) is 0 Å². The number of nitrogens with one attached hydrogen (secondary N) is 1. The highest BCUT2D eigenvalue weighted by Crippen LogP contribution is 2.47. The minimum absolute atomic E-state index is 0.339. The number of rotatable bonds is 6. The van der Waals surface area contributed by atoms with Crippen molar-refractivity contribution in [1.82, 2.24) is 0 Å². The SMILES string of the molecule is COC(=O)C(c1ccc(OC)cc1)C1(c2ccccc2)C=C(C(N)=O)c2ccccc2N1. The van der Waals surface area contributed by atoms with Gasteiger partial charge in [0.2, 0.25) is 5.91 Å². The number of methoxy groups -OCH3 is 2. The largest absolute Gasteiger partial charge is 0.497 e. The van der Waals surface area contributed by atoms with Crippen LogP contribution in [0.2, 0.25) is 0 Å². The molecule has 1 amide bonds. The summed E-state index contributed by atoms with van der Waals surface area (Å²) in [6.45, 7) is 0. The van der Waals surface area contributed by atoms with Gasteiger partial charge in [0.25, 0.3) is 0 Å².